The Kier molecular flexibility index (Phi) is 6.28. The van der Waals surface area contributed by atoms with Crippen molar-refractivity contribution in [2.24, 2.45) is 11.0 Å². The second-order valence-electron chi connectivity index (χ2n) is 9.75. The average Bonchev–Trinajstić information content (AvgIpc) is 3.29. The van der Waals surface area contributed by atoms with Crippen LogP contribution in [-0.2, 0) is 33.1 Å². The summed E-state index contributed by atoms with van der Waals surface area (Å²) in [6.07, 6.45) is 1.52. The van der Waals surface area contributed by atoms with Crippen molar-refractivity contribution in [2.75, 3.05) is 18.9 Å². The van der Waals surface area contributed by atoms with E-state index < -0.39 is 17.1 Å². The van der Waals surface area contributed by atoms with Crippen LogP contribution in [0.2, 0.25) is 0 Å². The highest BCUT2D eigenvalue weighted by atomic mass is 16.6. The molecule has 0 spiro atoms. The van der Waals surface area contributed by atoms with Crippen LogP contribution in [0.5, 0.6) is 0 Å². The topological polar surface area (TPSA) is 160 Å². The first kappa shape index (κ1) is 25.6. The highest BCUT2D eigenvalue weighted by Crippen LogP contribution is 2.44. The number of esters is 1. The standard InChI is InChI=1S/C27H29N5O6/c1-4-27(37)20-18(13-38-26(27)36)25(35)31-12-17-16(11-29-32(9-10-33)24(34)14(2)3)15-7-5-6-8-19(15)30-22(17)23(31)21(20)28/h5-8,11,14,33,37H,4,9-10,12-13,28H2,1-3H3/t27-/m0/s1. The lowest BCUT2D eigenvalue weighted by Gasteiger charge is -2.33. The number of amides is 1. The van der Waals surface area contributed by atoms with Gasteiger partial charge in [0.05, 0.1) is 54.1 Å². The summed E-state index contributed by atoms with van der Waals surface area (Å²) < 4.78 is 6.62. The van der Waals surface area contributed by atoms with Crippen LogP contribution in [0.4, 0.5) is 5.69 Å². The number of aliphatic hydroxyl groups is 2. The summed E-state index contributed by atoms with van der Waals surface area (Å²) in [6, 6.07) is 7.36. The Balaban J connectivity index is 1.76. The number of hydrazone groups is 1. The van der Waals surface area contributed by atoms with E-state index in [1.165, 1.54) is 9.58 Å². The van der Waals surface area contributed by atoms with Crippen LogP contribution in [0.25, 0.3) is 22.3 Å². The molecular weight excluding hydrogens is 490 g/mol. The van der Waals surface area contributed by atoms with Crippen molar-refractivity contribution < 1.29 is 24.5 Å². The van der Waals surface area contributed by atoms with Crippen LogP contribution in [0, 0.1) is 5.92 Å². The van der Waals surface area contributed by atoms with Crippen molar-refractivity contribution in [2.45, 2.75) is 45.9 Å². The largest absolute Gasteiger partial charge is 0.458 e. The molecule has 0 bridgehead atoms. The molecule has 3 aromatic rings. The van der Waals surface area contributed by atoms with Crippen molar-refractivity contribution in [1.82, 2.24) is 14.6 Å². The van der Waals surface area contributed by atoms with E-state index >= 15 is 0 Å². The molecule has 198 valence electrons. The minimum absolute atomic E-state index is 0.0214. The lowest BCUT2D eigenvalue weighted by molar-refractivity contribution is -0.172. The maximum atomic E-state index is 13.6. The number of nitrogens with zero attached hydrogens (tertiary/aromatic N) is 4. The first-order chi connectivity index (χ1) is 18.1. The van der Waals surface area contributed by atoms with Crippen molar-refractivity contribution >= 4 is 34.7 Å². The fraction of sp³-hybridized carbons (Fsp3) is 0.370. The first-order valence-corrected chi connectivity index (χ1v) is 12.5. The maximum absolute atomic E-state index is 13.6. The molecule has 4 N–H and O–H groups in total. The second kappa shape index (κ2) is 9.34. The van der Waals surface area contributed by atoms with Gasteiger partial charge >= 0.3 is 5.97 Å². The van der Waals surface area contributed by atoms with E-state index in [9.17, 15) is 24.6 Å². The highest BCUT2D eigenvalue weighted by Gasteiger charge is 2.47. The Bertz CT molecular complexity index is 1580. The number of carbonyl (C=O) groups excluding carboxylic acids is 2. The molecule has 1 amide bonds. The van der Waals surface area contributed by atoms with E-state index in [1.54, 1.807) is 27.0 Å². The number of hydrogen-bond acceptors (Lipinski definition) is 9. The molecule has 0 saturated carbocycles. The third kappa shape index (κ3) is 3.69. The number of aliphatic hydroxyl groups excluding tert-OH is 1. The molecule has 0 radical (unpaired) electrons. The number of anilines is 1. The lowest BCUT2D eigenvalue weighted by Crippen LogP contribution is -2.45. The normalized spacial score (nSPS) is 18.0. The molecule has 1 atom stereocenters. The summed E-state index contributed by atoms with van der Waals surface area (Å²) in [5.74, 6) is -1.42. The average molecular weight is 520 g/mol. The number of nitrogen functional groups attached to an aromatic ring is 1. The molecule has 0 saturated heterocycles. The molecule has 11 heteroatoms. The van der Waals surface area contributed by atoms with Gasteiger partial charge in [-0.15, -0.1) is 0 Å². The number of benzene rings is 1. The van der Waals surface area contributed by atoms with Crippen LogP contribution < -0.4 is 11.3 Å². The minimum atomic E-state index is -2.04. The van der Waals surface area contributed by atoms with Gasteiger partial charge in [-0.1, -0.05) is 39.0 Å². The zero-order valence-corrected chi connectivity index (χ0v) is 21.4. The summed E-state index contributed by atoms with van der Waals surface area (Å²) in [5.41, 5.74) is 7.10. The number of aromatic nitrogens is 2. The van der Waals surface area contributed by atoms with Gasteiger partial charge in [0.2, 0.25) is 5.91 Å². The number of carbonyl (C=O) groups is 2. The predicted octanol–water partition coefficient (Wildman–Crippen LogP) is 1.47. The molecule has 0 unspecified atom stereocenters. The SMILES string of the molecule is CC[C@@]1(O)C(=O)OCc2c1c(N)c1n(c2=O)Cc2c-1nc1ccccc1c2C=NN(CCO)C(=O)C(C)C. The Morgan fingerprint density at radius 2 is 2.05 bits per heavy atom. The van der Waals surface area contributed by atoms with Gasteiger partial charge in [-0.2, -0.15) is 5.10 Å². The van der Waals surface area contributed by atoms with E-state index in [0.29, 0.717) is 28.0 Å². The number of cyclic esters (lactones) is 1. The summed E-state index contributed by atoms with van der Waals surface area (Å²) in [6.45, 7) is 4.73. The van der Waals surface area contributed by atoms with Gasteiger partial charge in [0, 0.05) is 28.0 Å². The number of ether oxygens (including phenoxy) is 1. The summed E-state index contributed by atoms with van der Waals surface area (Å²) in [4.78, 5) is 43.6. The molecule has 11 nitrogen and oxygen atoms in total. The third-order valence-electron chi connectivity index (χ3n) is 7.17. The fourth-order valence-corrected chi connectivity index (χ4v) is 5.17. The molecule has 2 aliphatic rings. The summed E-state index contributed by atoms with van der Waals surface area (Å²) >= 11 is 0. The van der Waals surface area contributed by atoms with Crippen LogP contribution in [0.15, 0.2) is 34.2 Å². The smallest absolute Gasteiger partial charge is 0.343 e. The van der Waals surface area contributed by atoms with Crippen molar-refractivity contribution in [1.29, 1.82) is 0 Å². The van der Waals surface area contributed by atoms with E-state index in [-0.39, 0.29) is 61.4 Å². The molecule has 38 heavy (non-hydrogen) atoms. The molecule has 2 aliphatic heterocycles. The van der Waals surface area contributed by atoms with E-state index in [4.69, 9.17) is 15.5 Å². The minimum Gasteiger partial charge on any atom is -0.458 e. The summed E-state index contributed by atoms with van der Waals surface area (Å²) in [5, 5.41) is 27.1. The van der Waals surface area contributed by atoms with E-state index in [2.05, 4.69) is 5.10 Å². The highest BCUT2D eigenvalue weighted by molar-refractivity contribution is 6.03. The van der Waals surface area contributed by atoms with Gasteiger partial charge in [-0.25, -0.2) is 14.8 Å². The number of nitrogens with two attached hydrogens (primary N) is 1. The van der Waals surface area contributed by atoms with Crippen molar-refractivity contribution in [3.63, 3.8) is 0 Å². The monoisotopic (exact) mass is 519 g/mol. The molecule has 4 heterocycles. The first-order valence-electron chi connectivity index (χ1n) is 12.5. The van der Waals surface area contributed by atoms with Gasteiger partial charge in [-0.05, 0) is 12.5 Å². The predicted molar refractivity (Wildman–Crippen MR) is 140 cm³/mol. The van der Waals surface area contributed by atoms with Gasteiger partial charge in [0.1, 0.15) is 6.61 Å². The zero-order valence-electron chi connectivity index (χ0n) is 21.4. The molecule has 0 aliphatic carbocycles. The molecule has 2 aromatic heterocycles. The Morgan fingerprint density at radius 1 is 1.32 bits per heavy atom. The summed E-state index contributed by atoms with van der Waals surface area (Å²) in [7, 11) is 0. The fourth-order valence-electron chi connectivity index (χ4n) is 5.17. The van der Waals surface area contributed by atoms with Crippen LogP contribution in [0.3, 0.4) is 0 Å². The maximum Gasteiger partial charge on any atom is 0.343 e. The van der Waals surface area contributed by atoms with Crippen LogP contribution in [0.1, 0.15) is 49.4 Å². The number of fused-ring (bicyclic) bond motifs is 5. The van der Waals surface area contributed by atoms with Gasteiger partial charge in [-0.3, -0.25) is 9.59 Å². The number of hydrogen-bond donors (Lipinski definition) is 3. The van der Waals surface area contributed by atoms with Crippen LogP contribution in [-0.4, -0.2) is 56.0 Å². The quantitative estimate of drug-likeness (QED) is 0.196. The molecule has 1 aromatic carbocycles. The van der Waals surface area contributed by atoms with Crippen molar-refractivity contribution in [3.05, 3.63) is 56.9 Å². The Labute approximate surface area is 218 Å². The van der Waals surface area contributed by atoms with E-state index in [1.807, 2.05) is 24.3 Å². The molecular formula is C27H29N5O6. The second-order valence-corrected chi connectivity index (χ2v) is 9.75. The number of rotatable bonds is 6. The van der Waals surface area contributed by atoms with Crippen molar-refractivity contribution in [3.8, 4) is 11.4 Å². The molecule has 0 fully saturated rings. The Hall–Kier alpha value is -4.09. The zero-order chi connectivity index (χ0) is 27.4. The van der Waals surface area contributed by atoms with Gasteiger partial charge in [0.15, 0.2) is 5.60 Å². The van der Waals surface area contributed by atoms with Gasteiger partial charge < -0.3 is 25.3 Å². The lowest BCUT2D eigenvalue weighted by atomic mass is 9.84. The molecule has 5 rings (SSSR count). The van der Waals surface area contributed by atoms with Gasteiger partial charge in [0.25, 0.3) is 5.56 Å². The van der Waals surface area contributed by atoms with E-state index in [0.717, 1.165) is 5.39 Å². The number of pyridine rings is 2. The third-order valence-corrected chi connectivity index (χ3v) is 7.17. The number of para-hydroxylation sites is 1. The Morgan fingerprint density at radius 3 is 2.74 bits per heavy atom. The van der Waals surface area contributed by atoms with Crippen LogP contribution >= 0.6 is 0 Å².